The summed E-state index contributed by atoms with van der Waals surface area (Å²) in [6.45, 7) is 2.72. The third kappa shape index (κ3) is 3.85. The number of rotatable bonds is 4. The lowest BCUT2D eigenvalue weighted by atomic mass is 10.0. The molecule has 0 saturated carbocycles. The zero-order valence-corrected chi connectivity index (χ0v) is 16.9. The quantitative estimate of drug-likeness (QED) is 0.649. The van der Waals surface area contributed by atoms with Crippen LogP contribution in [0.1, 0.15) is 19.8 Å². The van der Waals surface area contributed by atoms with E-state index in [0.29, 0.717) is 29.7 Å². The SMILES string of the molecule is C[C@@H]1CC(N(C)c2ncc3cc(Oc4ccc(F)cc4F)c(=O)n(C)c3n2)CCO1. The number of ether oxygens (including phenoxy) is 2. The van der Waals surface area contributed by atoms with Crippen molar-refractivity contribution in [2.75, 3.05) is 18.6 Å². The molecular weight excluding hydrogens is 394 g/mol. The van der Waals surface area contributed by atoms with Gasteiger partial charge in [-0.05, 0) is 38.0 Å². The highest BCUT2D eigenvalue weighted by atomic mass is 19.1. The minimum absolute atomic E-state index is 0.0986. The van der Waals surface area contributed by atoms with Crippen LogP contribution in [0.3, 0.4) is 0 Å². The topological polar surface area (TPSA) is 69.5 Å². The van der Waals surface area contributed by atoms with Crippen molar-refractivity contribution in [3.05, 3.63) is 52.5 Å². The van der Waals surface area contributed by atoms with E-state index in [0.717, 1.165) is 25.0 Å². The Labute approximate surface area is 171 Å². The zero-order chi connectivity index (χ0) is 21.4. The van der Waals surface area contributed by atoms with Gasteiger partial charge in [0, 0.05) is 44.4 Å². The van der Waals surface area contributed by atoms with Crippen molar-refractivity contribution in [3.63, 3.8) is 0 Å². The molecule has 3 heterocycles. The second-order valence-corrected chi connectivity index (χ2v) is 7.47. The molecule has 1 fully saturated rings. The van der Waals surface area contributed by atoms with Crippen LogP contribution in [-0.2, 0) is 11.8 Å². The number of anilines is 1. The molecule has 1 aromatic carbocycles. The standard InChI is InChI=1S/C21H22F2N4O3/c1-12-8-15(6-7-29-12)26(2)21-24-11-13-9-18(20(28)27(3)19(13)25-21)30-17-5-4-14(22)10-16(17)23/h4-5,9-12,15H,6-8H2,1-3H3/t12-,15?/m1/s1. The van der Waals surface area contributed by atoms with E-state index in [1.165, 1.54) is 10.6 Å². The van der Waals surface area contributed by atoms with E-state index in [1.54, 1.807) is 13.2 Å². The lowest BCUT2D eigenvalue weighted by Crippen LogP contribution is -2.40. The molecule has 0 radical (unpaired) electrons. The number of aromatic nitrogens is 3. The van der Waals surface area contributed by atoms with E-state index < -0.39 is 17.2 Å². The van der Waals surface area contributed by atoms with Crippen LogP contribution in [0.25, 0.3) is 11.0 Å². The van der Waals surface area contributed by atoms with Gasteiger partial charge in [-0.15, -0.1) is 0 Å². The van der Waals surface area contributed by atoms with Crippen molar-refractivity contribution in [2.45, 2.75) is 31.9 Å². The first kappa shape index (κ1) is 20.2. The Balaban J connectivity index is 1.68. The summed E-state index contributed by atoms with van der Waals surface area (Å²) < 4.78 is 39.4. The Morgan fingerprint density at radius 3 is 2.80 bits per heavy atom. The molecule has 0 aliphatic carbocycles. The van der Waals surface area contributed by atoms with Crippen LogP contribution in [0.2, 0.25) is 0 Å². The molecule has 0 N–H and O–H groups in total. The van der Waals surface area contributed by atoms with Crippen LogP contribution >= 0.6 is 0 Å². The van der Waals surface area contributed by atoms with Crippen LogP contribution in [0.15, 0.2) is 35.3 Å². The van der Waals surface area contributed by atoms with E-state index in [4.69, 9.17) is 9.47 Å². The van der Waals surface area contributed by atoms with Crippen molar-refractivity contribution >= 4 is 17.0 Å². The maximum absolute atomic E-state index is 13.9. The average molecular weight is 416 g/mol. The molecule has 158 valence electrons. The summed E-state index contributed by atoms with van der Waals surface area (Å²) >= 11 is 0. The molecule has 0 spiro atoms. The summed E-state index contributed by atoms with van der Waals surface area (Å²) in [5, 5.41) is 0.562. The van der Waals surface area contributed by atoms with Gasteiger partial charge in [0.05, 0.1) is 6.10 Å². The molecule has 1 unspecified atom stereocenters. The number of fused-ring (bicyclic) bond motifs is 1. The van der Waals surface area contributed by atoms with E-state index in [9.17, 15) is 13.6 Å². The number of halogens is 2. The minimum atomic E-state index is -0.893. The van der Waals surface area contributed by atoms with Crippen molar-refractivity contribution < 1.29 is 18.3 Å². The zero-order valence-electron chi connectivity index (χ0n) is 16.9. The van der Waals surface area contributed by atoms with Gasteiger partial charge >= 0.3 is 0 Å². The third-order valence-electron chi connectivity index (χ3n) is 5.34. The van der Waals surface area contributed by atoms with E-state index in [-0.39, 0.29) is 23.6 Å². The summed E-state index contributed by atoms with van der Waals surface area (Å²) in [6, 6.07) is 4.60. The monoisotopic (exact) mass is 416 g/mol. The smallest absolute Gasteiger partial charge is 0.294 e. The van der Waals surface area contributed by atoms with Crippen LogP contribution in [-0.4, -0.2) is 40.3 Å². The van der Waals surface area contributed by atoms with Gasteiger partial charge in [-0.3, -0.25) is 9.36 Å². The molecule has 3 aromatic rings. The number of hydrogen-bond acceptors (Lipinski definition) is 6. The molecule has 1 aliphatic heterocycles. The predicted molar refractivity (Wildman–Crippen MR) is 108 cm³/mol. The van der Waals surface area contributed by atoms with Gasteiger partial charge in [-0.2, -0.15) is 4.98 Å². The number of benzene rings is 1. The van der Waals surface area contributed by atoms with Gasteiger partial charge in [0.15, 0.2) is 17.3 Å². The molecule has 30 heavy (non-hydrogen) atoms. The maximum atomic E-state index is 13.9. The molecule has 4 rings (SSSR count). The van der Waals surface area contributed by atoms with Crippen molar-refractivity contribution in [1.82, 2.24) is 14.5 Å². The van der Waals surface area contributed by atoms with Crippen LogP contribution in [0, 0.1) is 11.6 Å². The van der Waals surface area contributed by atoms with Crippen molar-refractivity contribution in [3.8, 4) is 11.5 Å². The fourth-order valence-corrected chi connectivity index (χ4v) is 3.62. The average Bonchev–Trinajstić information content (AvgIpc) is 2.73. The molecule has 1 aliphatic rings. The van der Waals surface area contributed by atoms with Crippen LogP contribution in [0.5, 0.6) is 11.5 Å². The van der Waals surface area contributed by atoms with Gasteiger partial charge in [-0.25, -0.2) is 13.8 Å². The molecule has 1 saturated heterocycles. The fraction of sp³-hybridized carbons (Fsp3) is 0.381. The second-order valence-electron chi connectivity index (χ2n) is 7.47. The van der Waals surface area contributed by atoms with Gasteiger partial charge in [0.25, 0.3) is 5.56 Å². The Morgan fingerprint density at radius 2 is 2.07 bits per heavy atom. The van der Waals surface area contributed by atoms with Crippen molar-refractivity contribution in [2.24, 2.45) is 7.05 Å². The first-order valence-electron chi connectivity index (χ1n) is 9.67. The molecule has 2 atom stereocenters. The first-order valence-corrected chi connectivity index (χ1v) is 9.67. The largest absolute Gasteiger partial charge is 0.448 e. The highest BCUT2D eigenvalue weighted by molar-refractivity contribution is 5.77. The Bertz CT molecular complexity index is 1150. The van der Waals surface area contributed by atoms with Crippen LogP contribution < -0.4 is 15.2 Å². The number of pyridine rings is 1. The minimum Gasteiger partial charge on any atom is -0.448 e. The Morgan fingerprint density at radius 1 is 1.27 bits per heavy atom. The number of aryl methyl sites for hydroxylation is 1. The summed E-state index contributed by atoms with van der Waals surface area (Å²) in [5.41, 5.74) is -0.0536. The summed E-state index contributed by atoms with van der Waals surface area (Å²) in [6.07, 6.45) is 3.51. The lowest BCUT2D eigenvalue weighted by Gasteiger charge is -2.34. The maximum Gasteiger partial charge on any atom is 0.294 e. The third-order valence-corrected chi connectivity index (χ3v) is 5.34. The normalized spacial score (nSPS) is 19.1. The highest BCUT2D eigenvalue weighted by Crippen LogP contribution is 2.26. The molecular formula is C21H22F2N4O3. The van der Waals surface area contributed by atoms with E-state index in [2.05, 4.69) is 9.97 Å². The molecule has 0 bridgehead atoms. The van der Waals surface area contributed by atoms with Gasteiger partial charge in [0.2, 0.25) is 5.95 Å². The Kier molecular flexibility index (Phi) is 5.38. The van der Waals surface area contributed by atoms with Gasteiger partial charge in [-0.1, -0.05) is 0 Å². The molecule has 2 aromatic heterocycles. The van der Waals surface area contributed by atoms with E-state index >= 15 is 0 Å². The predicted octanol–water partition coefficient (Wildman–Crippen LogP) is 3.40. The summed E-state index contributed by atoms with van der Waals surface area (Å²) in [4.78, 5) is 23.7. The highest BCUT2D eigenvalue weighted by Gasteiger charge is 2.25. The molecule has 7 nitrogen and oxygen atoms in total. The fourth-order valence-electron chi connectivity index (χ4n) is 3.62. The van der Waals surface area contributed by atoms with Gasteiger partial charge in [0.1, 0.15) is 11.5 Å². The molecule has 0 amide bonds. The summed E-state index contributed by atoms with van der Waals surface area (Å²) in [5.74, 6) is -1.45. The lowest BCUT2D eigenvalue weighted by molar-refractivity contribution is 0.0190. The second kappa shape index (κ2) is 7.98. The van der Waals surface area contributed by atoms with Crippen LogP contribution in [0.4, 0.5) is 14.7 Å². The Hall–Kier alpha value is -3.07. The van der Waals surface area contributed by atoms with Crippen molar-refractivity contribution in [1.29, 1.82) is 0 Å². The number of hydrogen-bond donors (Lipinski definition) is 0. The van der Waals surface area contributed by atoms with E-state index in [1.807, 2.05) is 18.9 Å². The number of nitrogens with zero attached hydrogens (tertiary/aromatic N) is 4. The molecule has 9 heteroatoms. The van der Waals surface area contributed by atoms with Gasteiger partial charge < -0.3 is 14.4 Å². The summed E-state index contributed by atoms with van der Waals surface area (Å²) in [7, 11) is 3.49. The first-order chi connectivity index (χ1) is 14.3.